The summed E-state index contributed by atoms with van der Waals surface area (Å²) >= 11 is 1.75. The molecule has 1 aromatic rings. The molecule has 0 aliphatic heterocycles. The molecule has 1 rings (SSSR count). The van der Waals surface area contributed by atoms with Crippen molar-refractivity contribution < 1.29 is 5.11 Å². The first-order valence-corrected chi connectivity index (χ1v) is 7.44. The van der Waals surface area contributed by atoms with E-state index in [9.17, 15) is 5.11 Å². The van der Waals surface area contributed by atoms with Crippen LogP contribution in [0.2, 0.25) is 0 Å². The molecule has 1 N–H and O–H groups in total. The molecule has 0 amide bonds. The highest BCUT2D eigenvalue weighted by molar-refractivity contribution is 7.09. The third-order valence-corrected chi connectivity index (χ3v) is 3.78. The van der Waals surface area contributed by atoms with E-state index in [2.05, 4.69) is 38.1 Å². The summed E-state index contributed by atoms with van der Waals surface area (Å²) < 4.78 is 0. The van der Waals surface area contributed by atoms with E-state index in [4.69, 9.17) is 0 Å². The zero-order valence-electron chi connectivity index (χ0n) is 11.5. The van der Waals surface area contributed by atoms with Gasteiger partial charge in [-0.25, -0.2) is 4.98 Å². The number of rotatable bonds is 6. The highest BCUT2D eigenvalue weighted by Gasteiger charge is 2.17. The van der Waals surface area contributed by atoms with Crippen LogP contribution < -0.4 is 0 Å². The molecular formula is C14H25NOS. The molecule has 0 radical (unpaired) electrons. The largest absolute Gasteiger partial charge is 0.393 e. The van der Waals surface area contributed by atoms with Gasteiger partial charge in [-0.2, -0.15) is 0 Å². The minimum absolute atomic E-state index is 0.123. The minimum atomic E-state index is -0.123. The summed E-state index contributed by atoms with van der Waals surface area (Å²) in [6.45, 7) is 8.68. The van der Waals surface area contributed by atoms with Gasteiger partial charge in [0.1, 0.15) is 0 Å². The Hall–Kier alpha value is -0.410. The van der Waals surface area contributed by atoms with Crippen LogP contribution in [0.3, 0.4) is 0 Å². The van der Waals surface area contributed by atoms with Crippen LogP contribution in [0.15, 0.2) is 5.38 Å². The van der Waals surface area contributed by atoms with Gasteiger partial charge in [-0.1, -0.05) is 34.1 Å². The van der Waals surface area contributed by atoms with Crippen molar-refractivity contribution in [1.29, 1.82) is 0 Å². The lowest BCUT2D eigenvalue weighted by Gasteiger charge is -2.14. The second-order valence-corrected chi connectivity index (χ2v) is 6.65. The zero-order valence-corrected chi connectivity index (χ0v) is 12.3. The Bertz CT molecular complexity index is 327. The lowest BCUT2D eigenvalue weighted by Crippen LogP contribution is -2.11. The van der Waals surface area contributed by atoms with Crippen LogP contribution in [0.25, 0.3) is 0 Å². The first-order chi connectivity index (χ1) is 7.93. The molecule has 0 fully saturated rings. The van der Waals surface area contributed by atoms with Crippen molar-refractivity contribution in [3.05, 3.63) is 16.1 Å². The average molecular weight is 255 g/mol. The monoisotopic (exact) mass is 255 g/mol. The van der Waals surface area contributed by atoms with Gasteiger partial charge in [0.05, 0.1) is 16.8 Å². The molecule has 0 bridgehead atoms. The van der Waals surface area contributed by atoms with Crippen LogP contribution >= 0.6 is 11.3 Å². The second kappa shape index (κ2) is 6.50. The molecule has 0 aliphatic carbocycles. The van der Waals surface area contributed by atoms with E-state index in [1.165, 1.54) is 10.7 Å². The smallest absolute Gasteiger partial charge is 0.0928 e. The van der Waals surface area contributed by atoms with Crippen molar-refractivity contribution in [2.24, 2.45) is 0 Å². The fourth-order valence-electron chi connectivity index (χ4n) is 1.74. The second-order valence-electron chi connectivity index (χ2n) is 5.71. The Kier molecular flexibility index (Phi) is 5.60. The predicted molar refractivity (Wildman–Crippen MR) is 74.7 cm³/mol. The van der Waals surface area contributed by atoms with Crippen LogP contribution in [0, 0.1) is 0 Å². The van der Waals surface area contributed by atoms with Crippen LogP contribution in [0.5, 0.6) is 0 Å². The van der Waals surface area contributed by atoms with Crippen molar-refractivity contribution in [3.63, 3.8) is 0 Å². The maximum absolute atomic E-state index is 9.64. The number of aliphatic hydroxyl groups excluding tert-OH is 1. The van der Waals surface area contributed by atoms with Crippen molar-refractivity contribution in [2.75, 3.05) is 0 Å². The Morgan fingerprint density at radius 2 is 2.06 bits per heavy atom. The lowest BCUT2D eigenvalue weighted by molar-refractivity contribution is 0.151. The molecule has 0 aliphatic rings. The van der Waals surface area contributed by atoms with E-state index < -0.39 is 0 Å². The summed E-state index contributed by atoms with van der Waals surface area (Å²) in [7, 11) is 0. The average Bonchev–Trinajstić information content (AvgIpc) is 2.66. The summed E-state index contributed by atoms with van der Waals surface area (Å²) in [5.74, 6) is 0. The van der Waals surface area contributed by atoms with E-state index in [0.29, 0.717) is 0 Å². The normalized spacial score (nSPS) is 13.9. The maximum atomic E-state index is 9.64. The van der Waals surface area contributed by atoms with Gasteiger partial charge in [0.25, 0.3) is 0 Å². The number of aromatic nitrogens is 1. The van der Waals surface area contributed by atoms with Gasteiger partial charge in [0, 0.05) is 10.8 Å². The van der Waals surface area contributed by atoms with Crippen LogP contribution in [0.4, 0.5) is 0 Å². The first-order valence-electron chi connectivity index (χ1n) is 6.56. The molecule has 0 spiro atoms. The van der Waals surface area contributed by atoms with Crippen molar-refractivity contribution in [3.8, 4) is 0 Å². The lowest BCUT2D eigenvalue weighted by atomic mass is 9.93. The summed E-state index contributed by atoms with van der Waals surface area (Å²) in [4.78, 5) is 4.66. The van der Waals surface area contributed by atoms with Gasteiger partial charge in [-0.05, 0) is 25.7 Å². The highest BCUT2D eigenvalue weighted by Crippen LogP contribution is 2.24. The predicted octanol–water partition coefficient (Wildman–Crippen LogP) is 3.92. The highest BCUT2D eigenvalue weighted by atomic mass is 32.1. The molecule has 17 heavy (non-hydrogen) atoms. The van der Waals surface area contributed by atoms with E-state index in [1.807, 2.05) is 0 Å². The van der Waals surface area contributed by atoms with Crippen molar-refractivity contribution in [1.82, 2.24) is 4.98 Å². The molecule has 1 unspecified atom stereocenters. The van der Waals surface area contributed by atoms with Gasteiger partial charge in [0.15, 0.2) is 0 Å². The van der Waals surface area contributed by atoms with Gasteiger partial charge in [-0.15, -0.1) is 11.3 Å². The summed E-state index contributed by atoms with van der Waals surface area (Å²) in [5.41, 5.74) is 1.34. The number of hydrogen-bond donors (Lipinski definition) is 1. The zero-order chi connectivity index (χ0) is 12.9. The summed E-state index contributed by atoms with van der Waals surface area (Å²) in [5, 5.41) is 13.0. The molecule has 1 heterocycles. The molecule has 0 saturated carbocycles. The minimum Gasteiger partial charge on any atom is -0.393 e. The van der Waals surface area contributed by atoms with Gasteiger partial charge < -0.3 is 5.11 Å². The molecular weight excluding hydrogens is 230 g/mol. The van der Waals surface area contributed by atoms with Crippen molar-refractivity contribution in [2.45, 2.75) is 71.3 Å². The third kappa shape index (κ3) is 5.17. The quantitative estimate of drug-likeness (QED) is 0.835. The number of hydrogen-bond acceptors (Lipinski definition) is 3. The Labute approximate surface area is 109 Å². The van der Waals surface area contributed by atoms with E-state index in [1.54, 1.807) is 11.3 Å². The Morgan fingerprint density at radius 3 is 2.59 bits per heavy atom. The standard InChI is InChI=1S/C14H25NOS/c1-5-7-11(16)8-6-9-13-15-12(10-17-13)14(2,3)4/h10-11,16H,5-9H2,1-4H3. The number of aryl methyl sites for hydroxylation is 1. The van der Waals surface area contributed by atoms with E-state index in [0.717, 1.165) is 32.1 Å². The van der Waals surface area contributed by atoms with E-state index >= 15 is 0 Å². The van der Waals surface area contributed by atoms with Crippen LogP contribution in [-0.4, -0.2) is 16.2 Å². The van der Waals surface area contributed by atoms with Gasteiger partial charge in [-0.3, -0.25) is 0 Å². The summed E-state index contributed by atoms with van der Waals surface area (Å²) in [6.07, 6.45) is 4.80. The fraction of sp³-hybridized carbons (Fsp3) is 0.786. The number of thiazole rings is 1. The van der Waals surface area contributed by atoms with Crippen molar-refractivity contribution >= 4 is 11.3 Å². The van der Waals surface area contributed by atoms with E-state index in [-0.39, 0.29) is 11.5 Å². The third-order valence-electron chi connectivity index (χ3n) is 2.87. The maximum Gasteiger partial charge on any atom is 0.0928 e. The molecule has 2 nitrogen and oxygen atoms in total. The molecule has 0 aromatic carbocycles. The molecule has 1 atom stereocenters. The topological polar surface area (TPSA) is 33.1 Å². The molecule has 0 saturated heterocycles. The number of aliphatic hydroxyl groups is 1. The molecule has 98 valence electrons. The molecule has 3 heteroatoms. The van der Waals surface area contributed by atoms with Crippen LogP contribution in [0.1, 0.15) is 64.1 Å². The fourth-order valence-corrected chi connectivity index (χ4v) is 2.80. The first kappa shape index (κ1) is 14.7. The molecule has 1 aromatic heterocycles. The Morgan fingerprint density at radius 1 is 1.35 bits per heavy atom. The van der Waals surface area contributed by atoms with Crippen LogP contribution in [-0.2, 0) is 11.8 Å². The number of nitrogens with zero attached hydrogens (tertiary/aromatic N) is 1. The van der Waals surface area contributed by atoms with Gasteiger partial charge >= 0.3 is 0 Å². The Balaban J connectivity index is 2.35. The van der Waals surface area contributed by atoms with Gasteiger partial charge in [0.2, 0.25) is 0 Å². The summed E-state index contributed by atoms with van der Waals surface area (Å²) in [6, 6.07) is 0. The SMILES string of the molecule is CCCC(O)CCCc1nc(C(C)(C)C)cs1.